The van der Waals surface area contributed by atoms with Gasteiger partial charge in [0.15, 0.2) is 0 Å². The maximum absolute atomic E-state index is 11.3. The van der Waals surface area contributed by atoms with E-state index in [9.17, 15) is 5.11 Å². The van der Waals surface area contributed by atoms with Crippen molar-refractivity contribution in [3.63, 3.8) is 0 Å². The Morgan fingerprint density at radius 1 is 1.33 bits per heavy atom. The van der Waals surface area contributed by atoms with Gasteiger partial charge in [0, 0.05) is 18.2 Å². The Labute approximate surface area is 143 Å². The van der Waals surface area contributed by atoms with Gasteiger partial charge in [-0.2, -0.15) is 0 Å². The monoisotopic (exact) mass is 330 g/mol. The molecule has 3 rings (SSSR count). The van der Waals surface area contributed by atoms with Crippen molar-refractivity contribution in [3.8, 4) is 5.75 Å². The standard InChI is InChI=1S/C19H26N2O3/c1-13-17(14(2)24-20-13)12-21-11-5-6-18(21)19(3,22)15-7-9-16(23-4)10-8-15/h7-10,18,22H,5-6,11-12H2,1-4H3/t18-,19+/m0/s1. The van der Waals surface area contributed by atoms with Crippen LogP contribution >= 0.6 is 0 Å². The first-order valence-electron chi connectivity index (χ1n) is 8.46. The van der Waals surface area contributed by atoms with Crippen LogP contribution in [0.3, 0.4) is 0 Å². The number of nitrogens with zero attached hydrogens (tertiary/aromatic N) is 2. The minimum Gasteiger partial charge on any atom is -0.497 e. The second kappa shape index (κ2) is 6.57. The van der Waals surface area contributed by atoms with Crippen molar-refractivity contribution >= 4 is 0 Å². The van der Waals surface area contributed by atoms with Gasteiger partial charge in [-0.25, -0.2) is 0 Å². The van der Waals surface area contributed by atoms with Gasteiger partial charge in [0.05, 0.1) is 12.8 Å². The van der Waals surface area contributed by atoms with Crippen LogP contribution in [0.25, 0.3) is 0 Å². The van der Waals surface area contributed by atoms with Crippen molar-refractivity contribution in [1.29, 1.82) is 0 Å². The number of methoxy groups -OCH3 is 1. The maximum atomic E-state index is 11.3. The molecule has 5 nitrogen and oxygen atoms in total. The molecule has 24 heavy (non-hydrogen) atoms. The van der Waals surface area contributed by atoms with Gasteiger partial charge in [0.2, 0.25) is 0 Å². The summed E-state index contributed by atoms with van der Waals surface area (Å²) in [5, 5.41) is 15.3. The molecular weight excluding hydrogens is 304 g/mol. The van der Waals surface area contributed by atoms with Crippen molar-refractivity contribution in [1.82, 2.24) is 10.1 Å². The van der Waals surface area contributed by atoms with Crippen LogP contribution in [-0.2, 0) is 12.1 Å². The van der Waals surface area contributed by atoms with Crippen molar-refractivity contribution in [2.24, 2.45) is 0 Å². The highest BCUT2D eigenvalue weighted by Gasteiger charge is 2.40. The van der Waals surface area contributed by atoms with Gasteiger partial charge in [0.25, 0.3) is 0 Å². The molecule has 1 aromatic carbocycles. The third kappa shape index (κ3) is 3.06. The lowest BCUT2D eigenvalue weighted by Gasteiger charge is -2.37. The average molecular weight is 330 g/mol. The normalized spacial score (nSPS) is 21.0. The molecule has 5 heteroatoms. The summed E-state index contributed by atoms with van der Waals surface area (Å²) in [7, 11) is 1.65. The van der Waals surface area contributed by atoms with Gasteiger partial charge in [0.1, 0.15) is 17.1 Å². The van der Waals surface area contributed by atoms with Gasteiger partial charge in [-0.3, -0.25) is 4.90 Å². The van der Waals surface area contributed by atoms with Gasteiger partial charge >= 0.3 is 0 Å². The maximum Gasteiger partial charge on any atom is 0.138 e. The summed E-state index contributed by atoms with van der Waals surface area (Å²) < 4.78 is 10.5. The van der Waals surface area contributed by atoms with Crippen molar-refractivity contribution in [3.05, 3.63) is 46.8 Å². The lowest BCUT2D eigenvalue weighted by Crippen LogP contribution is -2.45. The predicted molar refractivity (Wildman–Crippen MR) is 92.0 cm³/mol. The first-order valence-corrected chi connectivity index (χ1v) is 8.46. The zero-order valence-electron chi connectivity index (χ0n) is 14.9. The molecular formula is C19H26N2O3. The van der Waals surface area contributed by atoms with Gasteiger partial charge in [-0.1, -0.05) is 17.3 Å². The number of hydrogen-bond acceptors (Lipinski definition) is 5. The fourth-order valence-corrected chi connectivity index (χ4v) is 3.70. The highest BCUT2D eigenvalue weighted by atomic mass is 16.5. The van der Waals surface area contributed by atoms with E-state index in [1.165, 1.54) is 0 Å². The Morgan fingerprint density at radius 3 is 2.62 bits per heavy atom. The largest absolute Gasteiger partial charge is 0.497 e. The van der Waals surface area contributed by atoms with E-state index in [4.69, 9.17) is 9.26 Å². The van der Waals surface area contributed by atoms with Crippen LogP contribution in [0.1, 0.15) is 42.3 Å². The Morgan fingerprint density at radius 2 is 2.04 bits per heavy atom. The summed E-state index contributed by atoms with van der Waals surface area (Å²) in [6, 6.07) is 7.77. The molecule has 2 aromatic rings. The minimum atomic E-state index is -0.915. The van der Waals surface area contributed by atoms with Crippen LogP contribution < -0.4 is 4.74 Å². The average Bonchev–Trinajstić information content (AvgIpc) is 3.17. The molecule has 2 heterocycles. The zero-order valence-corrected chi connectivity index (χ0v) is 14.9. The van der Waals surface area contributed by atoms with E-state index in [2.05, 4.69) is 10.1 Å². The lowest BCUT2D eigenvalue weighted by atomic mass is 9.86. The molecule has 0 bridgehead atoms. The van der Waals surface area contributed by atoms with Crippen molar-refractivity contribution < 1.29 is 14.4 Å². The first-order chi connectivity index (χ1) is 11.4. The molecule has 0 radical (unpaired) electrons. The summed E-state index contributed by atoms with van der Waals surface area (Å²) in [5.74, 6) is 1.66. The third-order valence-corrected chi connectivity index (χ3v) is 5.23. The van der Waals surface area contributed by atoms with Crippen LogP contribution in [0.4, 0.5) is 0 Å². The van der Waals surface area contributed by atoms with Crippen molar-refractivity contribution in [2.75, 3.05) is 13.7 Å². The molecule has 0 spiro atoms. The number of hydrogen-bond donors (Lipinski definition) is 1. The van der Waals surface area contributed by atoms with E-state index in [0.29, 0.717) is 0 Å². The Balaban J connectivity index is 1.83. The highest BCUT2D eigenvalue weighted by molar-refractivity contribution is 5.32. The number of aliphatic hydroxyl groups is 1. The highest BCUT2D eigenvalue weighted by Crippen LogP contribution is 2.36. The molecule has 130 valence electrons. The molecule has 1 aliphatic rings. The lowest BCUT2D eigenvalue weighted by molar-refractivity contribution is -0.0256. The van der Waals surface area contributed by atoms with Crippen molar-refractivity contribution in [2.45, 2.75) is 51.8 Å². The second-order valence-electron chi connectivity index (χ2n) is 6.81. The summed E-state index contributed by atoms with van der Waals surface area (Å²) in [5.41, 5.74) is 2.07. The molecule has 0 unspecified atom stereocenters. The van der Waals surface area contributed by atoms with E-state index in [1.807, 2.05) is 45.0 Å². The first kappa shape index (κ1) is 17.0. The molecule has 0 aliphatic carbocycles. The minimum absolute atomic E-state index is 0.0691. The van der Waals surface area contributed by atoms with Crippen LogP contribution in [-0.4, -0.2) is 34.9 Å². The smallest absolute Gasteiger partial charge is 0.138 e. The number of rotatable bonds is 5. The predicted octanol–water partition coefficient (Wildman–Crippen LogP) is 3.17. The number of aromatic nitrogens is 1. The van der Waals surface area contributed by atoms with Crippen LogP contribution in [0.5, 0.6) is 5.75 Å². The van der Waals surface area contributed by atoms with E-state index >= 15 is 0 Å². The molecule has 1 fully saturated rings. The molecule has 0 amide bonds. The van der Waals surface area contributed by atoms with Crippen LogP contribution in [0.2, 0.25) is 0 Å². The Bertz CT molecular complexity index is 672. The summed E-state index contributed by atoms with van der Waals surface area (Å²) in [4.78, 5) is 2.34. The van der Waals surface area contributed by atoms with Crippen LogP contribution in [0, 0.1) is 13.8 Å². The number of likely N-dealkylation sites (tertiary alicyclic amines) is 1. The SMILES string of the molecule is COc1ccc([C@@](C)(O)[C@@H]2CCCN2Cc2c(C)noc2C)cc1. The molecule has 1 aliphatic heterocycles. The number of ether oxygens (including phenoxy) is 1. The molecule has 1 saturated heterocycles. The quantitative estimate of drug-likeness (QED) is 0.912. The Kier molecular flexibility index (Phi) is 4.65. The molecule has 0 saturated carbocycles. The molecule has 1 aromatic heterocycles. The molecule has 2 atom stereocenters. The summed E-state index contributed by atoms with van der Waals surface area (Å²) in [6.45, 7) is 7.56. The molecule has 1 N–H and O–H groups in total. The van der Waals surface area contributed by atoms with Gasteiger partial charge < -0.3 is 14.4 Å². The van der Waals surface area contributed by atoms with E-state index < -0.39 is 5.60 Å². The number of benzene rings is 1. The topological polar surface area (TPSA) is 58.7 Å². The fourth-order valence-electron chi connectivity index (χ4n) is 3.70. The third-order valence-electron chi connectivity index (χ3n) is 5.23. The van der Waals surface area contributed by atoms with Gasteiger partial charge in [-0.05, 0) is 57.9 Å². The van der Waals surface area contributed by atoms with E-state index in [-0.39, 0.29) is 6.04 Å². The number of aryl methyl sites for hydroxylation is 2. The fraction of sp³-hybridized carbons (Fsp3) is 0.526. The van der Waals surface area contributed by atoms with Gasteiger partial charge in [-0.15, -0.1) is 0 Å². The van der Waals surface area contributed by atoms with E-state index in [0.717, 1.165) is 54.3 Å². The van der Waals surface area contributed by atoms with E-state index in [1.54, 1.807) is 7.11 Å². The van der Waals surface area contributed by atoms with Crippen LogP contribution in [0.15, 0.2) is 28.8 Å². The zero-order chi connectivity index (χ0) is 17.3. The second-order valence-corrected chi connectivity index (χ2v) is 6.81. The Hall–Kier alpha value is -1.85. The summed E-state index contributed by atoms with van der Waals surface area (Å²) in [6.07, 6.45) is 2.06. The summed E-state index contributed by atoms with van der Waals surface area (Å²) >= 11 is 0.